The van der Waals surface area contributed by atoms with Crippen LogP contribution in [0.15, 0.2) is 0 Å². The van der Waals surface area contributed by atoms with Gasteiger partial charge in [0.2, 0.25) is 0 Å². The highest BCUT2D eigenvalue weighted by atomic mass is 16.5. The predicted octanol–water partition coefficient (Wildman–Crippen LogP) is 1.48. The lowest BCUT2D eigenvalue weighted by atomic mass is 9.92. The van der Waals surface area contributed by atoms with E-state index in [1.807, 2.05) is 7.11 Å². The Bertz CT molecular complexity index is 173. The van der Waals surface area contributed by atoms with E-state index in [9.17, 15) is 0 Å². The molecule has 0 spiro atoms. The molecule has 3 nitrogen and oxygen atoms in total. The predicted molar refractivity (Wildman–Crippen MR) is 64.2 cm³/mol. The molecule has 1 saturated carbocycles. The van der Waals surface area contributed by atoms with Crippen LogP contribution in [-0.4, -0.2) is 50.8 Å². The number of nitrogens with one attached hydrogen (secondary N) is 1. The molecule has 1 N–H and O–H groups in total. The molecule has 90 valence electrons. The Morgan fingerprint density at radius 3 is 2.60 bits per heavy atom. The fourth-order valence-corrected chi connectivity index (χ4v) is 2.12. The minimum Gasteiger partial charge on any atom is -0.380 e. The third-order valence-corrected chi connectivity index (χ3v) is 3.56. The molecule has 0 radical (unpaired) electrons. The number of hydrogen-bond acceptors (Lipinski definition) is 3. The van der Waals surface area contributed by atoms with Gasteiger partial charge < -0.3 is 15.0 Å². The standard InChI is InChI=1S/C12H26N2O/c1-10(14(2)3)9-13-11-7-5-6-8-12(11)15-4/h10-13H,5-9H2,1-4H3. The van der Waals surface area contributed by atoms with Crippen LogP contribution in [-0.2, 0) is 4.74 Å². The number of nitrogens with zero attached hydrogens (tertiary/aromatic N) is 1. The van der Waals surface area contributed by atoms with Crippen molar-refractivity contribution in [1.82, 2.24) is 10.2 Å². The summed E-state index contributed by atoms with van der Waals surface area (Å²) in [5.41, 5.74) is 0. The minimum absolute atomic E-state index is 0.424. The normalized spacial score (nSPS) is 29.4. The highest BCUT2D eigenvalue weighted by Crippen LogP contribution is 2.20. The van der Waals surface area contributed by atoms with Crippen molar-refractivity contribution < 1.29 is 4.74 Å². The maximum Gasteiger partial charge on any atom is 0.0724 e. The fraction of sp³-hybridized carbons (Fsp3) is 1.00. The van der Waals surface area contributed by atoms with Crippen molar-refractivity contribution >= 4 is 0 Å². The number of rotatable bonds is 5. The van der Waals surface area contributed by atoms with Gasteiger partial charge in [-0.15, -0.1) is 0 Å². The lowest BCUT2D eigenvalue weighted by Crippen LogP contribution is -2.47. The molecule has 3 unspecified atom stereocenters. The zero-order valence-corrected chi connectivity index (χ0v) is 10.6. The Hall–Kier alpha value is -0.120. The average molecular weight is 214 g/mol. The van der Waals surface area contributed by atoms with Crippen LogP contribution in [0, 0.1) is 0 Å². The summed E-state index contributed by atoms with van der Waals surface area (Å²) < 4.78 is 5.52. The van der Waals surface area contributed by atoms with E-state index in [0.717, 1.165) is 6.54 Å². The van der Waals surface area contributed by atoms with E-state index in [2.05, 4.69) is 31.2 Å². The first-order valence-electron chi connectivity index (χ1n) is 6.07. The van der Waals surface area contributed by atoms with Crippen LogP contribution in [0.5, 0.6) is 0 Å². The van der Waals surface area contributed by atoms with E-state index >= 15 is 0 Å². The van der Waals surface area contributed by atoms with Crippen LogP contribution in [0.4, 0.5) is 0 Å². The summed E-state index contributed by atoms with van der Waals surface area (Å²) >= 11 is 0. The second-order valence-corrected chi connectivity index (χ2v) is 4.89. The molecule has 1 fully saturated rings. The molecule has 3 atom stereocenters. The second kappa shape index (κ2) is 6.46. The molecule has 0 aromatic rings. The number of ether oxygens (including phenoxy) is 1. The van der Waals surface area contributed by atoms with Gasteiger partial charge in [-0.2, -0.15) is 0 Å². The first-order chi connectivity index (χ1) is 7.15. The molecule has 15 heavy (non-hydrogen) atoms. The fourth-order valence-electron chi connectivity index (χ4n) is 2.12. The summed E-state index contributed by atoms with van der Waals surface area (Å²) in [4.78, 5) is 2.25. The molecule has 0 amide bonds. The number of methoxy groups -OCH3 is 1. The molecule has 0 aliphatic heterocycles. The summed E-state index contributed by atoms with van der Waals surface area (Å²) in [6.45, 7) is 3.30. The molecule has 3 heteroatoms. The van der Waals surface area contributed by atoms with Crippen LogP contribution < -0.4 is 5.32 Å². The Balaban J connectivity index is 2.29. The Kier molecular flexibility index (Phi) is 5.58. The number of hydrogen-bond donors (Lipinski definition) is 1. The average Bonchev–Trinajstić information content (AvgIpc) is 2.26. The van der Waals surface area contributed by atoms with Gasteiger partial charge in [0.25, 0.3) is 0 Å². The van der Waals surface area contributed by atoms with Gasteiger partial charge in [-0.05, 0) is 33.9 Å². The maximum atomic E-state index is 5.52. The van der Waals surface area contributed by atoms with Gasteiger partial charge in [0.15, 0.2) is 0 Å². The molecule has 0 bridgehead atoms. The summed E-state index contributed by atoms with van der Waals surface area (Å²) in [6.07, 6.45) is 5.56. The summed E-state index contributed by atoms with van der Waals surface area (Å²) in [5, 5.41) is 3.64. The topological polar surface area (TPSA) is 24.5 Å². The van der Waals surface area contributed by atoms with Gasteiger partial charge in [-0.1, -0.05) is 12.8 Å². The lowest BCUT2D eigenvalue weighted by molar-refractivity contribution is 0.0400. The summed E-state index contributed by atoms with van der Waals surface area (Å²) in [5.74, 6) is 0. The Labute approximate surface area is 94.2 Å². The van der Waals surface area contributed by atoms with E-state index < -0.39 is 0 Å². The molecule has 0 saturated heterocycles. The molecule has 1 rings (SSSR count). The van der Waals surface area contributed by atoms with Crippen molar-refractivity contribution in [2.45, 2.75) is 50.8 Å². The zero-order valence-electron chi connectivity index (χ0n) is 10.6. The first kappa shape index (κ1) is 12.9. The molecule has 1 aliphatic carbocycles. The van der Waals surface area contributed by atoms with E-state index in [-0.39, 0.29) is 0 Å². The molecular weight excluding hydrogens is 188 g/mol. The third-order valence-electron chi connectivity index (χ3n) is 3.56. The SMILES string of the molecule is COC1CCCCC1NCC(C)N(C)C. The van der Waals surface area contributed by atoms with Crippen LogP contribution in [0.3, 0.4) is 0 Å². The molecule has 0 aromatic heterocycles. The quantitative estimate of drug-likeness (QED) is 0.750. The molecule has 0 aromatic carbocycles. The monoisotopic (exact) mass is 214 g/mol. The van der Waals surface area contributed by atoms with Crippen molar-refractivity contribution in [1.29, 1.82) is 0 Å². The van der Waals surface area contributed by atoms with Gasteiger partial charge >= 0.3 is 0 Å². The van der Waals surface area contributed by atoms with Crippen molar-refractivity contribution in [2.75, 3.05) is 27.7 Å². The van der Waals surface area contributed by atoms with Crippen LogP contribution in [0.2, 0.25) is 0 Å². The van der Waals surface area contributed by atoms with Gasteiger partial charge in [0.1, 0.15) is 0 Å². The lowest BCUT2D eigenvalue weighted by Gasteiger charge is -2.33. The van der Waals surface area contributed by atoms with Crippen LogP contribution in [0.25, 0.3) is 0 Å². The summed E-state index contributed by atoms with van der Waals surface area (Å²) in [6, 6.07) is 1.15. The van der Waals surface area contributed by atoms with Crippen LogP contribution >= 0.6 is 0 Å². The van der Waals surface area contributed by atoms with Crippen molar-refractivity contribution in [2.24, 2.45) is 0 Å². The van der Waals surface area contributed by atoms with Gasteiger partial charge in [-0.3, -0.25) is 0 Å². The first-order valence-corrected chi connectivity index (χ1v) is 6.07. The minimum atomic E-state index is 0.424. The van der Waals surface area contributed by atoms with Gasteiger partial charge in [0, 0.05) is 25.7 Å². The maximum absolute atomic E-state index is 5.52. The van der Waals surface area contributed by atoms with E-state index in [1.165, 1.54) is 25.7 Å². The largest absolute Gasteiger partial charge is 0.380 e. The highest BCUT2D eigenvalue weighted by molar-refractivity contribution is 4.82. The highest BCUT2D eigenvalue weighted by Gasteiger charge is 2.24. The van der Waals surface area contributed by atoms with E-state index in [1.54, 1.807) is 0 Å². The Morgan fingerprint density at radius 1 is 1.33 bits per heavy atom. The van der Waals surface area contributed by atoms with Gasteiger partial charge in [0.05, 0.1) is 6.10 Å². The van der Waals surface area contributed by atoms with E-state index in [4.69, 9.17) is 4.74 Å². The summed E-state index contributed by atoms with van der Waals surface area (Å²) in [7, 11) is 6.09. The smallest absolute Gasteiger partial charge is 0.0724 e. The van der Waals surface area contributed by atoms with E-state index in [0.29, 0.717) is 18.2 Å². The van der Waals surface area contributed by atoms with Crippen molar-refractivity contribution in [3.63, 3.8) is 0 Å². The second-order valence-electron chi connectivity index (χ2n) is 4.89. The Morgan fingerprint density at radius 2 is 2.00 bits per heavy atom. The van der Waals surface area contributed by atoms with Gasteiger partial charge in [-0.25, -0.2) is 0 Å². The molecular formula is C12H26N2O. The zero-order chi connectivity index (χ0) is 11.3. The third kappa shape index (κ3) is 4.09. The van der Waals surface area contributed by atoms with Crippen molar-refractivity contribution in [3.8, 4) is 0 Å². The molecule has 0 heterocycles. The van der Waals surface area contributed by atoms with Crippen LogP contribution in [0.1, 0.15) is 32.6 Å². The van der Waals surface area contributed by atoms with Crippen molar-refractivity contribution in [3.05, 3.63) is 0 Å². The number of likely N-dealkylation sites (N-methyl/N-ethyl adjacent to an activating group) is 1. The molecule has 1 aliphatic rings.